The van der Waals surface area contributed by atoms with Crippen molar-refractivity contribution in [3.63, 3.8) is 0 Å². The molecule has 0 saturated carbocycles. The van der Waals surface area contributed by atoms with Gasteiger partial charge in [0.25, 0.3) is 0 Å². The molecule has 0 aliphatic carbocycles. The monoisotopic (exact) mass is 303 g/mol. The fraction of sp³-hybridized carbons (Fsp3) is 0.471. The molecular formula is C17H21NO4. The van der Waals surface area contributed by atoms with Crippen molar-refractivity contribution in [3.05, 3.63) is 34.2 Å². The first-order valence-corrected chi connectivity index (χ1v) is 7.80. The van der Waals surface area contributed by atoms with Crippen LogP contribution < -0.4 is 15.1 Å². The number of fused-ring (bicyclic) bond motifs is 2. The molecule has 0 saturated heterocycles. The summed E-state index contributed by atoms with van der Waals surface area (Å²) < 4.78 is 16.1. The summed E-state index contributed by atoms with van der Waals surface area (Å²) >= 11 is 0. The van der Waals surface area contributed by atoms with Gasteiger partial charge in [-0.05, 0) is 37.6 Å². The molecule has 3 rings (SSSR count). The summed E-state index contributed by atoms with van der Waals surface area (Å²) in [5.41, 5.74) is 1.21. The van der Waals surface area contributed by atoms with E-state index in [0.29, 0.717) is 17.1 Å². The van der Waals surface area contributed by atoms with Gasteiger partial charge < -0.3 is 13.9 Å². The van der Waals surface area contributed by atoms with E-state index in [9.17, 15) is 4.79 Å². The molecule has 2 aromatic rings. The van der Waals surface area contributed by atoms with Gasteiger partial charge in [0.05, 0.1) is 0 Å². The van der Waals surface area contributed by atoms with Crippen LogP contribution in [0.4, 0.5) is 0 Å². The van der Waals surface area contributed by atoms with Crippen LogP contribution in [-0.2, 0) is 6.54 Å². The van der Waals surface area contributed by atoms with E-state index < -0.39 is 0 Å². The molecule has 5 heteroatoms. The molecule has 0 unspecified atom stereocenters. The minimum absolute atomic E-state index is 0.211. The van der Waals surface area contributed by atoms with Gasteiger partial charge in [-0.25, -0.2) is 4.79 Å². The Labute approximate surface area is 129 Å². The molecule has 0 spiro atoms. The largest absolute Gasteiger partial charge is 0.454 e. The van der Waals surface area contributed by atoms with E-state index in [1.165, 1.54) is 0 Å². The van der Waals surface area contributed by atoms with Crippen molar-refractivity contribution in [1.29, 1.82) is 0 Å². The molecule has 1 aromatic carbocycles. The van der Waals surface area contributed by atoms with E-state index in [1.54, 1.807) is 12.1 Å². The zero-order chi connectivity index (χ0) is 15.5. The summed E-state index contributed by atoms with van der Waals surface area (Å²) in [4.78, 5) is 14.2. The van der Waals surface area contributed by atoms with Crippen molar-refractivity contribution in [2.24, 2.45) is 0 Å². The number of ether oxygens (including phenoxy) is 2. The fourth-order valence-electron chi connectivity index (χ4n) is 2.89. The summed E-state index contributed by atoms with van der Waals surface area (Å²) in [5, 5.41) is 0.918. The van der Waals surface area contributed by atoms with Gasteiger partial charge in [-0.1, -0.05) is 13.8 Å². The highest BCUT2D eigenvalue weighted by Crippen LogP contribution is 2.36. The Morgan fingerprint density at radius 3 is 2.41 bits per heavy atom. The van der Waals surface area contributed by atoms with Crippen molar-refractivity contribution < 1.29 is 13.9 Å². The number of benzene rings is 1. The van der Waals surface area contributed by atoms with E-state index >= 15 is 0 Å². The molecule has 0 radical (unpaired) electrons. The molecule has 1 aromatic heterocycles. The third-order valence-electron chi connectivity index (χ3n) is 3.80. The molecule has 0 fully saturated rings. The van der Waals surface area contributed by atoms with Gasteiger partial charge in [0.1, 0.15) is 5.58 Å². The summed E-state index contributed by atoms with van der Waals surface area (Å²) in [5.74, 6) is 1.34. The van der Waals surface area contributed by atoms with Crippen molar-refractivity contribution in [2.75, 3.05) is 19.9 Å². The van der Waals surface area contributed by atoms with Gasteiger partial charge in [-0.3, -0.25) is 4.90 Å². The van der Waals surface area contributed by atoms with E-state index in [-0.39, 0.29) is 12.4 Å². The Balaban J connectivity index is 2.02. The molecule has 0 N–H and O–H groups in total. The highest BCUT2D eigenvalue weighted by molar-refractivity contribution is 5.84. The van der Waals surface area contributed by atoms with Crippen LogP contribution in [-0.4, -0.2) is 24.8 Å². The number of rotatable bonds is 6. The molecule has 0 atom stereocenters. The lowest BCUT2D eigenvalue weighted by molar-refractivity contribution is 0.174. The molecule has 118 valence electrons. The minimum atomic E-state index is -0.325. The lowest BCUT2D eigenvalue weighted by atomic mass is 10.1. The van der Waals surface area contributed by atoms with Crippen LogP contribution in [0.15, 0.2) is 27.4 Å². The highest BCUT2D eigenvalue weighted by atomic mass is 16.7. The third-order valence-corrected chi connectivity index (χ3v) is 3.80. The van der Waals surface area contributed by atoms with Crippen molar-refractivity contribution in [3.8, 4) is 11.5 Å². The topological polar surface area (TPSA) is 51.9 Å². The highest BCUT2D eigenvalue weighted by Gasteiger charge is 2.18. The normalized spacial score (nSPS) is 13.2. The Kier molecular flexibility index (Phi) is 4.34. The van der Waals surface area contributed by atoms with E-state index in [2.05, 4.69) is 18.7 Å². The summed E-state index contributed by atoms with van der Waals surface area (Å²) in [6, 6.07) is 5.24. The predicted molar refractivity (Wildman–Crippen MR) is 84.5 cm³/mol. The second kappa shape index (κ2) is 6.40. The number of hydrogen-bond donors (Lipinski definition) is 0. The predicted octanol–water partition coefficient (Wildman–Crippen LogP) is 3.14. The van der Waals surface area contributed by atoms with Gasteiger partial charge in [0.2, 0.25) is 6.79 Å². The average Bonchev–Trinajstić information content (AvgIpc) is 2.93. The maximum absolute atomic E-state index is 11.8. The van der Waals surface area contributed by atoms with Gasteiger partial charge in [0.15, 0.2) is 11.5 Å². The van der Waals surface area contributed by atoms with E-state index in [0.717, 1.165) is 43.4 Å². The Hall–Kier alpha value is -2.01. The molecule has 5 nitrogen and oxygen atoms in total. The van der Waals surface area contributed by atoms with E-state index in [1.807, 2.05) is 6.07 Å². The molecular weight excluding hydrogens is 282 g/mol. The Bertz CT molecular complexity index is 716. The summed E-state index contributed by atoms with van der Waals surface area (Å²) in [6.45, 7) is 7.31. The van der Waals surface area contributed by atoms with Gasteiger partial charge in [-0.2, -0.15) is 0 Å². The quantitative estimate of drug-likeness (QED) is 0.767. The Morgan fingerprint density at radius 2 is 1.73 bits per heavy atom. The van der Waals surface area contributed by atoms with Crippen molar-refractivity contribution in [1.82, 2.24) is 4.90 Å². The maximum atomic E-state index is 11.8. The molecule has 0 amide bonds. The molecule has 1 aliphatic heterocycles. The van der Waals surface area contributed by atoms with Crippen molar-refractivity contribution >= 4 is 11.0 Å². The standard InChI is InChI=1S/C17H21NO4/c1-3-5-18(6-4-2)10-12-7-17(19)22-14-9-16-15(8-13(12)14)20-11-21-16/h7-9H,3-6,10-11H2,1-2H3. The van der Waals surface area contributed by atoms with Crippen LogP contribution >= 0.6 is 0 Å². The minimum Gasteiger partial charge on any atom is -0.454 e. The van der Waals surface area contributed by atoms with Gasteiger partial charge >= 0.3 is 5.63 Å². The average molecular weight is 303 g/mol. The zero-order valence-electron chi connectivity index (χ0n) is 13.1. The SMILES string of the molecule is CCCN(CCC)Cc1cc(=O)oc2cc3c(cc12)OCO3. The smallest absolute Gasteiger partial charge is 0.336 e. The molecule has 2 heterocycles. The molecule has 22 heavy (non-hydrogen) atoms. The number of nitrogens with zero attached hydrogens (tertiary/aromatic N) is 1. The van der Waals surface area contributed by atoms with Crippen LogP contribution in [0.1, 0.15) is 32.3 Å². The van der Waals surface area contributed by atoms with Crippen LogP contribution in [0.5, 0.6) is 11.5 Å². The molecule has 0 bridgehead atoms. The summed E-state index contributed by atoms with van der Waals surface area (Å²) in [6.07, 6.45) is 2.18. The summed E-state index contributed by atoms with van der Waals surface area (Å²) in [7, 11) is 0. The second-order valence-electron chi connectivity index (χ2n) is 5.57. The zero-order valence-corrected chi connectivity index (χ0v) is 13.1. The second-order valence-corrected chi connectivity index (χ2v) is 5.57. The van der Waals surface area contributed by atoms with Gasteiger partial charge in [0, 0.05) is 24.1 Å². The lowest BCUT2D eigenvalue weighted by Crippen LogP contribution is -2.25. The van der Waals surface area contributed by atoms with Crippen molar-refractivity contribution in [2.45, 2.75) is 33.2 Å². The molecule has 1 aliphatic rings. The van der Waals surface area contributed by atoms with E-state index in [4.69, 9.17) is 13.9 Å². The van der Waals surface area contributed by atoms with Crippen LogP contribution in [0.3, 0.4) is 0 Å². The number of hydrogen-bond acceptors (Lipinski definition) is 5. The van der Waals surface area contributed by atoms with Crippen LogP contribution in [0, 0.1) is 0 Å². The first-order chi connectivity index (χ1) is 10.7. The first kappa shape index (κ1) is 14.9. The Morgan fingerprint density at radius 1 is 1.05 bits per heavy atom. The lowest BCUT2D eigenvalue weighted by Gasteiger charge is -2.21. The third kappa shape index (κ3) is 2.95. The van der Waals surface area contributed by atoms with Gasteiger partial charge in [-0.15, -0.1) is 0 Å². The van der Waals surface area contributed by atoms with Crippen LogP contribution in [0.2, 0.25) is 0 Å². The van der Waals surface area contributed by atoms with Crippen LogP contribution in [0.25, 0.3) is 11.0 Å². The first-order valence-electron chi connectivity index (χ1n) is 7.80. The fourth-order valence-corrected chi connectivity index (χ4v) is 2.89. The maximum Gasteiger partial charge on any atom is 0.336 e.